The van der Waals surface area contributed by atoms with Crippen molar-refractivity contribution in [3.8, 4) is 0 Å². The normalized spacial score (nSPS) is 17.5. The third-order valence-electron chi connectivity index (χ3n) is 3.95. The molecule has 0 bridgehead atoms. The molecule has 0 fully saturated rings. The molecule has 0 saturated carbocycles. The molecule has 0 aromatic rings. The van der Waals surface area contributed by atoms with Crippen LogP contribution in [-0.4, -0.2) is 52.2 Å². The summed E-state index contributed by atoms with van der Waals surface area (Å²) in [6, 6.07) is -3.09. The predicted octanol–water partition coefficient (Wildman–Crippen LogP) is -0.159. The maximum Gasteiger partial charge on any atom is 0.328 e. The number of amides is 2. The number of carboxylic acid groups (broad SMARTS) is 1. The van der Waals surface area contributed by atoms with E-state index in [0.717, 1.165) is 6.42 Å². The summed E-state index contributed by atoms with van der Waals surface area (Å²) >= 11 is 0. The summed E-state index contributed by atoms with van der Waals surface area (Å²) in [5.74, 6) is -2.40. The van der Waals surface area contributed by atoms with Crippen LogP contribution < -0.4 is 16.4 Å². The zero-order chi connectivity index (χ0) is 19.0. The molecular weight excluding hydrogens is 314 g/mol. The molecule has 6 N–H and O–H groups in total. The fourth-order valence-electron chi connectivity index (χ4n) is 2.13. The molecule has 8 heteroatoms. The first kappa shape index (κ1) is 22.3. The van der Waals surface area contributed by atoms with Crippen LogP contribution in [0.25, 0.3) is 0 Å². The Morgan fingerprint density at radius 1 is 1.04 bits per heavy atom. The molecule has 0 rings (SSSR count). The number of nitrogens with two attached hydrogens (primary N) is 1. The summed E-state index contributed by atoms with van der Waals surface area (Å²) in [6.07, 6.45) is -0.209. The Kier molecular flexibility index (Phi) is 9.53. The summed E-state index contributed by atoms with van der Waals surface area (Å²) in [4.78, 5) is 35.7. The summed E-state index contributed by atoms with van der Waals surface area (Å²) in [6.45, 7) is 8.79. The average Bonchev–Trinajstić information content (AvgIpc) is 2.48. The Labute approximate surface area is 143 Å². The van der Waals surface area contributed by atoms with Gasteiger partial charge in [-0.2, -0.15) is 0 Å². The number of rotatable bonds is 10. The standard InChI is InChI=1S/C16H31N3O5/c1-6-9(4)12(17)15(22)18-11(7-8(2)3)14(21)19-13(10(5)20)16(23)24/h8-13,20H,6-7,17H2,1-5H3,(H,18,22)(H,19,21)(H,23,24)/t9-,10+,11-,12-,13-/m0/s1. The highest BCUT2D eigenvalue weighted by molar-refractivity contribution is 5.92. The van der Waals surface area contributed by atoms with Crippen LogP contribution in [0.5, 0.6) is 0 Å². The zero-order valence-corrected chi connectivity index (χ0v) is 15.1. The van der Waals surface area contributed by atoms with Gasteiger partial charge in [0.25, 0.3) is 0 Å². The van der Waals surface area contributed by atoms with E-state index in [-0.39, 0.29) is 11.8 Å². The molecule has 2 amide bonds. The highest BCUT2D eigenvalue weighted by Gasteiger charge is 2.31. The summed E-state index contributed by atoms with van der Waals surface area (Å²) in [7, 11) is 0. The number of carboxylic acids is 1. The Balaban J connectivity index is 5.08. The van der Waals surface area contributed by atoms with E-state index in [0.29, 0.717) is 6.42 Å². The van der Waals surface area contributed by atoms with E-state index in [1.807, 2.05) is 27.7 Å². The van der Waals surface area contributed by atoms with Crippen LogP contribution in [0.15, 0.2) is 0 Å². The third-order valence-corrected chi connectivity index (χ3v) is 3.95. The molecule has 0 spiro atoms. The van der Waals surface area contributed by atoms with Gasteiger partial charge >= 0.3 is 5.97 Å². The molecule has 140 valence electrons. The lowest BCUT2D eigenvalue weighted by Gasteiger charge is -2.26. The molecule has 0 aliphatic heterocycles. The maximum absolute atomic E-state index is 12.4. The number of aliphatic hydroxyl groups excluding tert-OH is 1. The average molecular weight is 345 g/mol. The van der Waals surface area contributed by atoms with Crippen molar-refractivity contribution >= 4 is 17.8 Å². The van der Waals surface area contributed by atoms with Gasteiger partial charge in [-0.25, -0.2) is 4.79 Å². The van der Waals surface area contributed by atoms with E-state index in [2.05, 4.69) is 10.6 Å². The van der Waals surface area contributed by atoms with Gasteiger partial charge in [-0.1, -0.05) is 34.1 Å². The van der Waals surface area contributed by atoms with Gasteiger partial charge in [-0.15, -0.1) is 0 Å². The number of nitrogens with one attached hydrogen (secondary N) is 2. The van der Waals surface area contributed by atoms with Crippen LogP contribution in [0.1, 0.15) is 47.5 Å². The minimum absolute atomic E-state index is 0.0445. The molecular formula is C16H31N3O5. The van der Waals surface area contributed by atoms with Crippen molar-refractivity contribution in [2.24, 2.45) is 17.6 Å². The highest BCUT2D eigenvalue weighted by Crippen LogP contribution is 2.09. The minimum Gasteiger partial charge on any atom is -0.480 e. The van der Waals surface area contributed by atoms with Gasteiger partial charge in [-0.05, 0) is 25.2 Å². The molecule has 0 unspecified atom stereocenters. The summed E-state index contributed by atoms with van der Waals surface area (Å²) < 4.78 is 0. The first-order chi connectivity index (χ1) is 11.0. The predicted molar refractivity (Wildman–Crippen MR) is 90.1 cm³/mol. The van der Waals surface area contributed by atoms with Crippen molar-refractivity contribution in [3.63, 3.8) is 0 Å². The molecule has 0 aliphatic carbocycles. The van der Waals surface area contributed by atoms with Crippen molar-refractivity contribution in [2.75, 3.05) is 0 Å². The molecule has 0 saturated heterocycles. The number of hydrogen-bond acceptors (Lipinski definition) is 5. The Morgan fingerprint density at radius 3 is 1.96 bits per heavy atom. The van der Waals surface area contributed by atoms with Crippen molar-refractivity contribution in [2.45, 2.75) is 71.7 Å². The monoisotopic (exact) mass is 345 g/mol. The molecule has 0 aromatic carbocycles. The second-order valence-corrected chi connectivity index (χ2v) is 6.67. The van der Waals surface area contributed by atoms with Crippen LogP contribution >= 0.6 is 0 Å². The maximum atomic E-state index is 12.4. The second kappa shape index (κ2) is 10.2. The van der Waals surface area contributed by atoms with E-state index in [4.69, 9.17) is 10.8 Å². The number of carbonyl (C=O) groups is 3. The zero-order valence-electron chi connectivity index (χ0n) is 15.1. The van der Waals surface area contributed by atoms with E-state index in [1.54, 1.807) is 0 Å². The summed E-state index contributed by atoms with van der Waals surface area (Å²) in [5.41, 5.74) is 5.87. The largest absolute Gasteiger partial charge is 0.480 e. The Bertz CT molecular complexity index is 439. The van der Waals surface area contributed by atoms with Crippen LogP contribution in [0.3, 0.4) is 0 Å². The van der Waals surface area contributed by atoms with Gasteiger partial charge in [0.1, 0.15) is 6.04 Å². The lowest BCUT2D eigenvalue weighted by atomic mass is 9.97. The molecule has 0 heterocycles. The van der Waals surface area contributed by atoms with Crippen LogP contribution in [0, 0.1) is 11.8 Å². The van der Waals surface area contributed by atoms with Crippen molar-refractivity contribution in [1.82, 2.24) is 10.6 Å². The van der Waals surface area contributed by atoms with Crippen molar-refractivity contribution < 1.29 is 24.6 Å². The molecule has 5 atom stereocenters. The Morgan fingerprint density at radius 2 is 1.58 bits per heavy atom. The van der Waals surface area contributed by atoms with Gasteiger partial charge in [0.15, 0.2) is 6.04 Å². The van der Waals surface area contributed by atoms with Gasteiger partial charge in [0.2, 0.25) is 11.8 Å². The van der Waals surface area contributed by atoms with Crippen LogP contribution in [-0.2, 0) is 14.4 Å². The quantitative estimate of drug-likeness (QED) is 0.372. The second-order valence-electron chi connectivity index (χ2n) is 6.67. The van der Waals surface area contributed by atoms with E-state index in [9.17, 15) is 19.5 Å². The van der Waals surface area contributed by atoms with Crippen molar-refractivity contribution in [1.29, 1.82) is 0 Å². The minimum atomic E-state index is -1.44. The first-order valence-electron chi connectivity index (χ1n) is 8.28. The molecule has 0 aliphatic rings. The number of carbonyl (C=O) groups excluding carboxylic acids is 2. The van der Waals surface area contributed by atoms with Gasteiger partial charge < -0.3 is 26.6 Å². The first-order valence-corrected chi connectivity index (χ1v) is 8.28. The lowest BCUT2D eigenvalue weighted by Crippen LogP contribution is -2.57. The molecule has 0 radical (unpaired) electrons. The Hall–Kier alpha value is -1.67. The van der Waals surface area contributed by atoms with Gasteiger partial charge in [-0.3, -0.25) is 9.59 Å². The number of hydrogen-bond donors (Lipinski definition) is 5. The highest BCUT2D eigenvalue weighted by atomic mass is 16.4. The molecule has 0 aromatic heterocycles. The van der Waals surface area contributed by atoms with Crippen LogP contribution in [0.2, 0.25) is 0 Å². The smallest absolute Gasteiger partial charge is 0.328 e. The number of aliphatic hydroxyl groups is 1. The van der Waals surface area contributed by atoms with E-state index in [1.165, 1.54) is 6.92 Å². The topological polar surface area (TPSA) is 142 Å². The number of aliphatic carboxylic acids is 1. The van der Waals surface area contributed by atoms with Gasteiger partial charge in [0, 0.05) is 0 Å². The molecule has 24 heavy (non-hydrogen) atoms. The fraction of sp³-hybridized carbons (Fsp3) is 0.812. The lowest BCUT2D eigenvalue weighted by molar-refractivity contribution is -0.145. The third kappa shape index (κ3) is 7.27. The fourth-order valence-corrected chi connectivity index (χ4v) is 2.13. The van der Waals surface area contributed by atoms with Crippen LogP contribution in [0.4, 0.5) is 0 Å². The molecule has 8 nitrogen and oxygen atoms in total. The van der Waals surface area contributed by atoms with Gasteiger partial charge in [0.05, 0.1) is 12.1 Å². The van der Waals surface area contributed by atoms with Crippen molar-refractivity contribution in [3.05, 3.63) is 0 Å². The van der Waals surface area contributed by atoms with E-state index >= 15 is 0 Å². The summed E-state index contributed by atoms with van der Waals surface area (Å²) in [5, 5.41) is 23.4. The SMILES string of the molecule is CC[C@H](C)[C@H](N)C(=O)N[C@@H](CC(C)C)C(=O)N[C@H](C(=O)O)[C@@H](C)O. The van der Waals surface area contributed by atoms with E-state index < -0.39 is 42.0 Å².